The van der Waals surface area contributed by atoms with Crippen molar-refractivity contribution in [2.75, 3.05) is 4.90 Å². The molecule has 1 aliphatic carbocycles. The molecule has 0 atom stereocenters. The molecule has 350 valence electrons. The van der Waals surface area contributed by atoms with Gasteiger partial charge in [-0.1, -0.05) is 212 Å². The van der Waals surface area contributed by atoms with E-state index in [1.54, 1.807) is 0 Å². The quantitative estimate of drug-likeness (QED) is 0.123. The molecular weight excluding hydrogens is 927 g/mol. The lowest BCUT2D eigenvalue weighted by Crippen LogP contribution is -2.10. The second kappa shape index (κ2) is 14.4. The van der Waals surface area contributed by atoms with Crippen molar-refractivity contribution in [3.05, 3.63) is 249 Å². The standard InChI is InChI=1S/C76H41N/c1-4-17-42(18-5-1)45-23-10-13-26-48(45)69-63-41-62-51-29-16-30-58-64(77(43-19-6-2-7-20-43)44-21-8-3-9-22-44)40-39-59(65(51)58)71(62)72-49-27-14-15-28-50(49)73(76(63)72)75-61-38-36-57-55-34-32-53-47-25-12-11-24-46(47)52-31-33-54(67(55)66(52)53)56-35-37-60(74(69)75)70(61)68(56)57/h1-41H. The van der Waals surface area contributed by atoms with Crippen LogP contribution in [-0.2, 0) is 0 Å². The minimum Gasteiger partial charge on any atom is -0.310 e. The highest BCUT2D eigenvalue weighted by atomic mass is 15.1. The highest BCUT2D eigenvalue weighted by Crippen LogP contribution is 2.60. The summed E-state index contributed by atoms with van der Waals surface area (Å²) in [5, 5.41) is 31.9. The van der Waals surface area contributed by atoms with Crippen molar-refractivity contribution in [3.8, 4) is 44.5 Å². The van der Waals surface area contributed by atoms with Gasteiger partial charge >= 0.3 is 0 Å². The van der Waals surface area contributed by atoms with E-state index in [0.717, 1.165) is 11.4 Å². The minimum absolute atomic E-state index is 1.13. The molecule has 18 aromatic rings. The van der Waals surface area contributed by atoms with E-state index in [0.29, 0.717) is 0 Å². The maximum Gasteiger partial charge on any atom is 0.0540 e. The molecule has 0 aliphatic heterocycles. The molecule has 0 saturated heterocycles. The van der Waals surface area contributed by atoms with E-state index >= 15 is 0 Å². The third-order valence-electron chi connectivity index (χ3n) is 18.1. The van der Waals surface area contributed by atoms with Crippen LogP contribution in [0.2, 0.25) is 0 Å². The second-order valence-electron chi connectivity index (χ2n) is 21.6. The zero-order valence-electron chi connectivity index (χ0n) is 41.6. The molecule has 0 radical (unpaired) electrons. The molecule has 0 fully saturated rings. The molecule has 0 N–H and O–H groups in total. The Labute approximate surface area is 442 Å². The number of hydrogen-bond donors (Lipinski definition) is 0. The number of benzene rings is 15. The molecule has 19 rings (SSSR count). The van der Waals surface area contributed by atoms with Crippen LogP contribution in [0.1, 0.15) is 0 Å². The monoisotopic (exact) mass is 967 g/mol. The van der Waals surface area contributed by atoms with Gasteiger partial charge in [0.25, 0.3) is 0 Å². The summed E-state index contributed by atoms with van der Waals surface area (Å²) in [4.78, 5) is 2.43. The Morgan fingerprint density at radius 3 is 1.22 bits per heavy atom. The molecule has 1 heteroatoms. The van der Waals surface area contributed by atoms with Gasteiger partial charge in [0.1, 0.15) is 0 Å². The van der Waals surface area contributed by atoms with Crippen molar-refractivity contribution < 1.29 is 0 Å². The lowest BCUT2D eigenvalue weighted by atomic mass is 9.85. The van der Waals surface area contributed by atoms with Crippen LogP contribution in [-0.4, -0.2) is 0 Å². The lowest BCUT2D eigenvalue weighted by Gasteiger charge is -2.27. The van der Waals surface area contributed by atoms with Gasteiger partial charge in [0.15, 0.2) is 0 Å². The Morgan fingerprint density at radius 2 is 0.571 bits per heavy atom. The summed E-state index contributed by atoms with van der Waals surface area (Å²) in [6.07, 6.45) is 0. The molecular formula is C76H41N. The highest BCUT2D eigenvalue weighted by Gasteiger charge is 2.31. The van der Waals surface area contributed by atoms with Crippen LogP contribution in [0.15, 0.2) is 249 Å². The summed E-state index contributed by atoms with van der Waals surface area (Å²) in [6.45, 7) is 0. The Kier molecular flexibility index (Phi) is 7.54. The maximum absolute atomic E-state index is 2.61. The Hall–Kier alpha value is -10.1. The van der Waals surface area contributed by atoms with Crippen LogP contribution in [0, 0.1) is 0 Å². The molecule has 18 aromatic carbocycles. The van der Waals surface area contributed by atoms with E-state index in [4.69, 9.17) is 0 Å². The van der Waals surface area contributed by atoms with E-state index in [1.165, 1.54) is 179 Å². The molecule has 0 amide bonds. The normalized spacial score (nSPS) is 12.7. The van der Waals surface area contributed by atoms with Gasteiger partial charge in [-0.3, -0.25) is 0 Å². The van der Waals surface area contributed by atoms with Crippen LogP contribution in [0.4, 0.5) is 17.1 Å². The van der Waals surface area contributed by atoms with Gasteiger partial charge < -0.3 is 4.90 Å². The first-order valence-corrected chi connectivity index (χ1v) is 27.0. The van der Waals surface area contributed by atoms with Crippen LogP contribution >= 0.6 is 0 Å². The summed E-state index contributed by atoms with van der Waals surface area (Å²) in [6, 6.07) is 94.1. The molecule has 1 aliphatic rings. The van der Waals surface area contributed by atoms with Crippen LogP contribution in [0.3, 0.4) is 0 Å². The molecule has 77 heavy (non-hydrogen) atoms. The Bertz CT molecular complexity index is 5430. The Balaban J connectivity index is 1.01. The van der Waals surface area contributed by atoms with E-state index < -0.39 is 0 Å². The van der Waals surface area contributed by atoms with Crippen LogP contribution in [0.5, 0.6) is 0 Å². The van der Waals surface area contributed by atoms with Crippen molar-refractivity contribution >= 4 is 146 Å². The largest absolute Gasteiger partial charge is 0.310 e. The van der Waals surface area contributed by atoms with Crippen molar-refractivity contribution in [3.63, 3.8) is 0 Å². The summed E-state index contributed by atoms with van der Waals surface area (Å²) < 4.78 is 0. The van der Waals surface area contributed by atoms with Gasteiger partial charge in [0, 0.05) is 16.8 Å². The zero-order chi connectivity index (χ0) is 49.8. The van der Waals surface area contributed by atoms with Gasteiger partial charge in [0.05, 0.1) is 5.69 Å². The fourth-order valence-corrected chi connectivity index (χ4v) is 15.3. The average Bonchev–Trinajstić information content (AvgIpc) is 4.26. The third-order valence-corrected chi connectivity index (χ3v) is 18.1. The number of rotatable bonds is 5. The smallest absolute Gasteiger partial charge is 0.0540 e. The van der Waals surface area contributed by atoms with E-state index in [2.05, 4.69) is 254 Å². The van der Waals surface area contributed by atoms with Crippen molar-refractivity contribution in [2.45, 2.75) is 0 Å². The first-order valence-electron chi connectivity index (χ1n) is 27.0. The summed E-state index contributed by atoms with van der Waals surface area (Å²) in [5.41, 5.74) is 13.8. The van der Waals surface area contributed by atoms with Gasteiger partial charge in [-0.15, -0.1) is 0 Å². The number of fused-ring (bicyclic) bond motifs is 16. The average molecular weight is 968 g/mol. The van der Waals surface area contributed by atoms with Gasteiger partial charge in [-0.2, -0.15) is 0 Å². The van der Waals surface area contributed by atoms with Gasteiger partial charge in [0.2, 0.25) is 0 Å². The number of para-hydroxylation sites is 2. The van der Waals surface area contributed by atoms with Crippen LogP contribution in [0.25, 0.3) is 174 Å². The summed E-state index contributed by atoms with van der Waals surface area (Å²) in [7, 11) is 0. The number of anilines is 3. The van der Waals surface area contributed by atoms with Gasteiger partial charge in [-0.25, -0.2) is 0 Å². The fraction of sp³-hybridized carbons (Fsp3) is 0. The van der Waals surface area contributed by atoms with Crippen molar-refractivity contribution in [1.29, 1.82) is 0 Å². The minimum atomic E-state index is 1.13. The van der Waals surface area contributed by atoms with Crippen LogP contribution < -0.4 is 4.90 Å². The highest BCUT2D eigenvalue weighted by molar-refractivity contribution is 6.55. The molecule has 0 unspecified atom stereocenters. The number of nitrogens with zero attached hydrogens (tertiary/aromatic N) is 1. The van der Waals surface area contributed by atoms with Crippen molar-refractivity contribution in [1.82, 2.24) is 0 Å². The summed E-state index contributed by atoms with van der Waals surface area (Å²) >= 11 is 0. The molecule has 0 saturated carbocycles. The summed E-state index contributed by atoms with van der Waals surface area (Å²) in [5.74, 6) is 0. The SMILES string of the molecule is c1ccc(-c2ccccc2-c2c3cc4c5cccc6c(N(c7ccccc7)c7ccccc7)ccc(c65)c4c4c5ccccc5c(c5c6ccc7c8ccc9c%10c(ccc(c%11ccc(c25)c6c%117)c%108)-c2ccccc2-9)c34)cc1. The third kappa shape index (κ3) is 4.92. The van der Waals surface area contributed by atoms with Crippen molar-refractivity contribution in [2.24, 2.45) is 0 Å². The molecule has 1 nitrogen and oxygen atoms in total. The zero-order valence-corrected chi connectivity index (χ0v) is 41.6. The predicted molar refractivity (Wildman–Crippen MR) is 331 cm³/mol. The fourth-order valence-electron chi connectivity index (χ4n) is 15.3. The topological polar surface area (TPSA) is 3.24 Å². The first kappa shape index (κ1) is 40.3. The number of hydrogen-bond acceptors (Lipinski definition) is 1. The molecule has 0 heterocycles. The second-order valence-corrected chi connectivity index (χ2v) is 21.6. The Morgan fingerprint density at radius 1 is 0.182 bits per heavy atom. The molecule has 0 spiro atoms. The lowest BCUT2D eigenvalue weighted by molar-refractivity contribution is 1.30. The van der Waals surface area contributed by atoms with E-state index in [9.17, 15) is 0 Å². The predicted octanol–water partition coefficient (Wildman–Crippen LogP) is 21.7. The maximum atomic E-state index is 2.61. The van der Waals surface area contributed by atoms with Gasteiger partial charge in [-0.05, 0) is 205 Å². The first-order chi connectivity index (χ1) is 38.3. The van der Waals surface area contributed by atoms with E-state index in [1.807, 2.05) is 0 Å². The molecule has 0 bridgehead atoms. The molecule has 0 aromatic heterocycles. The van der Waals surface area contributed by atoms with E-state index in [-0.39, 0.29) is 0 Å².